The maximum absolute atomic E-state index is 12.3. The Labute approximate surface area is 84.8 Å². The molecule has 0 saturated heterocycles. The first kappa shape index (κ1) is 11.5. The number of nitrogens with one attached hydrogen (secondary N) is 2. The van der Waals surface area contributed by atoms with Crippen molar-refractivity contribution in [1.29, 1.82) is 5.41 Å². The van der Waals surface area contributed by atoms with Crippen LogP contribution >= 0.6 is 0 Å². The Bertz CT molecular complexity index is 360. The van der Waals surface area contributed by atoms with Crippen molar-refractivity contribution in [2.24, 2.45) is 0 Å². The lowest BCUT2D eigenvalue weighted by atomic mass is 10.1. The highest BCUT2D eigenvalue weighted by Crippen LogP contribution is 2.27. The largest absolute Gasteiger partial charge is 0.433 e. The third-order valence-corrected chi connectivity index (χ3v) is 1.80. The Morgan fingerprint density at radius 3 is 2.73 bits per heavy atom. The van der Waals surface area contributed by atoms with E-state index in [1.165, 1.54) is 6.07 Å². The quantitative estimate of drug-likeness (QED) is 0.586. The zero-order valence-corrected chi connectivity index (χ0v) is 8.02. The van der Waals surface area contributed by atoms with Crippen LogP contribution in [0.1, 0.15) is 11.3 Å². The molecule has 0 radical (unpaired) electrons. The number of alkyl halides is 3. The molecule has 1 heterocycles. The van der Waals surface area contributed by atoms with Gasteiger partial charge in [-0.2, -0.15) is 13.2 Å². The third-order valence-electron chi connectivity index (χ3n) is 1.80. The predicted molar refractivity (Wildman–Crippen MR) is 49.7 cm³/mol. The normalized spacial score (nSPS) is 11.2. The maximum Gasteiger partial charge on any atom is 0.433 e. The average molecular weight is 217 g/mol. The highest BCUT2D eigenvalue weighted by molar-refractivity contribution is 5.80. The van der Waals surface area contributed by atoms with Crippen LogP contribution in [0.4, 0.5) is 13.2 Å². The molecule has 0 aromatic carbocycles. The zero-order chi connectivity index (χ0) is 11.5. The summed E-state index contributed by atoms with van der Waals surface area (Å²) in [7, 11) is 1.55. The summed E-state index contributed by atoms with van der Waals surface area (Å²) in [5, 5.41) is 9.84. The number of hydrogen-bond donors (Lipinski definition) is 2. The van der Waals surface area contributed by atoms with Gasteiger partial charge in [0.1, 0.15) is 5.69 Å². The van der Waals surface area contributed by atoms with Crippen molar-refractivity contribution in [3.8, 4) is 0 Å². The van der Waals surface area contributed by atoms with Gasteiger partial charge in [-0.3, -0.25) is 10.4 Å². The summed E-state index contributed by atoms with van der Waals surface area (Å²) in [4.78, 5) is 3.23. The van der Waals surface area contributed by atoms with Crippen LogP contribution in [-0.2, 0) is 12.6 Å². The van der Waals surface area contributed by atoms with Gasteiger partial charge >= 0.3 is 6.18 Å². The Hall–Kier alpha value is -1.59. The van der Waals surface area contributed by atoms with Gasteiger partial charge in [-0.15, -0.1) is 0 Å². The molecule has 0 fully saturated rings. The molecule has 2 N–H and O–H groups in total. The van der Waals surface area contributed by atoms with Gasteiger partial charge in [-0.05, 0) is 17.7 Å². The molecule has 15 heavy (non-hydrogen) atoms. The van der Waals surface area contributed by atoms with Crippen LogP contribution in [-0.4, -0.2) is 17.9 Å². The molecule has 0 saturated carbocycles. The Morgan fingerprint density at radius 2 is 2.20 bits per heavy atom. The second-order valence-corrected chi connectivity index (χ2v) is 2.95. The molecule has 1 aromatic rings. The van der Waals surface area contributed by atoms with Crippen molar-refractivity contribution in [3.63, 3.8) is 0 Å². The molecule has 0 spiro atoms. The molecule has 82 valence electrons. The number of hydrogen-bond acceptors (Lipinski definition) is 2. The van der Waals surface area contributed by atoms with E-state index in [-0.39, 0.29) is 12.3 Å². The van der Waals surface area contributed by atoms with Gasteiger partial charge in [0.05, 0.1) is 5.84 Å². The molecule has 0 aliphatic heterocycles. The Kier molecular flexibility index (Phi) is 3.28. The van der Waals surface area contributed by atoms with Gasteiger partial charge in [0.25, 0.3) is 0 Å². The molecule has 0 aliphatic rings. The standard InChI is InChI=1S/C9H10F3N3/c1-14-8(13)5-6-2-3-15-7(4-6)9(10,11)12/h2-4H,5H2,1H3,(H2,13,14). The van der Waals surface area contributed by atoms with E-state index in [0.29, 0.717) is 5.56 Å². The zero-order valence-electron chi connectivity index (χ0n) is 8.02. The van der Waals surface area contributed by atoms with Gasteiger partial charge in [0.2, 0.25) is 0 Å². The summed E-state index contributed by atoms with van der Waals surface area (Å²) < 4.78 is 36.8. The summed E-state index contributed by atoms with van der Waals surface area (Å²) >= 11 is 0. The smallest absolute Gasteiger partial charge is 0.377 e. The number of nitrogens with zero attached hydrogens (tertiary/aromatic N) is 1. The monoisotopic (exact) mass is 217 g/mol. The van der Waals surface area contributed by atoms with Crippen molar-refractivity contribution in [2.45, 2.75) is 12.6 Å². The highest BCUT2D eigenvalue weighted by Gasteiger charge is 2.32. The number of likely N-dealkylation sites (N-methyl/N-ethyl adjacent to an activating group) is 1. The second-order valence-electron chi connectivity index (χ2n) is 2.95. The molecule has 0 atom stereocenters. The Morgan fingerprint density at radius 1 is 1.53 bits per heavy atom. The minimum Gasteiger partial charge on any atom is -0.377 e. The van der Waals surface area contributed by atoms with E-state index < -0.39 is 11.9 Å². The highest BCUT2D eigenvalue weighted by atomic mass is 19.4. The average Bonchev–Trinajstić information content (AvgIpc) is 2.17. The van der Waals surface area contributed by atoms with Crippen LogP contribution in [0, 0.1) is 5.41 Å². The van der Waals surface area contributed by atoms with Crippen LogP contribution in [0.15, 0.2) is 18.3 Å². The van der Waals surface area contributed by atoms with Crippen molar-refractivity contribution in [2.75, 3.05) is 7.05 Å². The summed E-state index contributed by atoms with van der Waals surface area (Å²) in [6.07, 6.45) is -3.19. The lowest BCUT2D eigenvalue weighted by Gasteiger charge is -2.07. The van der Waals surface area contributed by atoms with Crippen LogP contribution in [0.3, 0.4) is 0 Å². The fourth-order valence-electron chi connectivity index (χ4n) is 1.03. The van der Waals surface area contributed by atoms with E-state index in [1.54, 1.807) is 7.05 Å². The first-order valence-corrected chi connectivity index (χ1v) is 4.21. The lowest BCUT2D eigenvalue weighted by molar-refractivity contribution is -0.141. The van der Waals surface area contributed by atoms with Gasteiger partial charge in [-0.25, -0.2) is 0 Å². The first-order valence-electron chi connectivity index (χ1n) is 4.21. The molecule has 0 aliphatic carbocycles. The molecule has 0 unspecified atom stereocenters. The minimum atomic E-state index is -4.43. The lowest BCUT2D eigenvalue weighted by Crippen LogP contribution is -2.19. The van der Waals surface area contributed by atoms with Crippen LogP contribution < -0.4 is 5.32 Å². The van der Waals surface area contributed by atoms with Gasteiger partial charge in [0.15, 0.2) is 0 Å². The molecular weight excluding hydrogens is 207 g/mol. The van der Waals surface area contributed by atoms with E-state index in [0.717, 1.165) is 12.3 Å². The van der Waals surface area contributed by atoms with E-state index in [1.807, 2.05) is 0 Å². The van der Waals surface area contributed by atoms with Crippen molar-refractivity contribution >= 4 is 5.84 Å². The Balaban J connectivity index is 2.88. The molecule has 3 nitrogen and oxygen atoms in total. The molecule has 1 aromatic heterocycles. The summed E-state index contributed by atoms with van der Waals surface area (Å²) in [6, 6.07) is 2.41. The number of aromatic nitrogens is 1. The first-order chi connectivity index (χ1) is 6.93. The summed E-state index contributed by atoms with van der Waals surface area (Å²) in [5.74, 6) is 0.161. The number of halogens is 3. The van der Waals surface area contributed by atoms with Crippen LogP contribution in [0.5, 0.6) is 0 Å². The molecule has 0 amide bonds. The van der Waals surface area contributed by atoms with Crippen molar-refractivity contribution in [3.05, 3.63) is 29.6 Å². The topological polar surface area (TPSA) is 48.8 Å². The van der Waals surface area contributed by atoms with E-state index in [2.05, 4.69) is 10.3 Å². The van der Waals surface area contributed by atoms with E-state index in [9.17, 15) is 13.2 Å². The fourth-order valence-corrected chi connectivity index (χ4v) is 1.03. The van der Waals surface area contributed by atoms with Gasteiger partial charge < -0.3 is 5.32 Å². The number of rotatable bonds is 2. The molecule has 0 bridgehead atoms. The van der Waals surface area contributed by atoms with Crippen LogP contribution in [0.2, 0.25) is 0 Å². The molecule has 1 rings (SSSR count). The summed E-state index contributed by atoms with van der Waals surface area (Å²) in [6.45, 7) is 0. The van der Waals surface area contributed by atoms with E-state index in [4.69, 9.17) is 5.41 Å². The third kappa shape index (κ3) is 3.23. The van der Waals surface area contributed by atoms with Crippen molar-refractivity contribution < 1.29 is 13.2 Å². The summed E-state index contributed by atoms with van der Waals surface area (Å²) in [5.41, 5.74) is -0.513. The molecule has 6 heteroatoms. The number of amidine groups is 1. The minimum absolute atomic E-state index is 0.141. The van der Waals surface area contributed by atoms with Gasteiger partial charge in [0, 0.05) is 19.7 Å². The van der Waals surface area contributed by atoms with Gasteiger partial charge in [-0.1, -0.05) is 0 Å². The number of pyridine rings is 1. The SMILES string of the molecule is CNC(=N)Cc1ccnc(C(F)(F)F)c1. The second kappa shape index (κ2) is 4.29. The predicted octanol–water partition coefficient (Wildman–Crippen LogP) is 1.84. The fraction of sp³-hybridized carbons (Fsp3) is 0.333. The van der Waals surface area contributed by atoms with Crippen molar-refractivity contribution in [1.82, 2.24) is 10.3 Å². The van der Waals surface area contributed by atoms with Crippen LogP contribution in [0.25, 0.3) is 0 Å². The molecular formula is C9H10F3N3. The van der Waals surface area contributed by atoms with E-state index >= 15 is 0 Å². The maximum atomic E-state index is 12.3.